The SMILES string of the molecule is Clc1nc(C2COc3ccccc3C2)ncc1Br. The maximum atomic E-state index is 5.99. The first kappa shape index (κ1) is 11.9. The third-order valence-corrected chi connectivity index (χ3v) is 4.06. The first-order valence-corrected chi connectivity index (χ1v) is 6.80. The van der Waals surface area contributed by atoms with E-state index in [1.54, 1.807) is 6.20 Å². The van der Waals surface area contributed by atoms with Crippen LogP contribution in [0.5, 0.6) is 5.75 Å². The highest BCUT2D eigenvalue weighted by molar-refractivity contribution is 9.10. The van der Waals surface area contributed by atoms with E-state index < -0.39 is 0 Å². The summed E-state index contributed by atoms with van der Waals surface area (Å²) in [6.07, 6.45) is 2.57. The maximum Gasteiger partial charge on any atom is 0.146 e. The van der Waals surface area contributed by atoms with Gasteiger partial charge in [0, 0.05) is 6.20 Å². The minimum atomic E-state index is 0.158. The number of ether oxygens (including phenoxy) is 1. The molecule has 18 heavy (non-hydrogen) atoms. The van der Waals surface area contributed by atoms with E-state index >= 15 is 0 Å². The average Bonchev–Trinajstić information content (AvgIpc) is 2.41. The Labute approximate surface area is 118 Å². The first-order chi connectivity index (χ1) is 8.74. The predicted octanol–water partition coefficient (Wildman–Crippen LogP) is 3.61. The molecular formula is C13H10BrClN2O. The summed E-state index contributed by atoms with van der Waals surface area (Å²) in [6.45, 7) is 0.592. The Morgan fingerprint density at radius 3 is 3.00 bits per heavy atom. The van der Waals surface area contributed by atoms with Crippen LogP contribution < -0.4 is 4.74 Å². The summed E-state index contributed by atoms with van der Waals surface area (Å²) in [6, 6.07) is 8.05. The predicted molar refractivity (Wildman–Crippen MR) is 73.1 cm³/mol. The topological polar surface area (TPSA) is 35.0 Å². The van der Waals surface area contributed by atoms with E-state index in [1.165, 1.54) is 5.56 Å². The normalized spacial score (nSPS) is 18.0. The molecule has 0 spiro atoms. The van der Waals surface area contributed by atoms with Gasteiger partial charge < -0.3 is 4.74 Å². The summed E-state index contributed by atoms with van der Waals surface area (Å²) in [4.78, 5) is 8.61. The summed E-state index contributed by atoms with van der Waals surface area (Å²) >= 11 is 9.29. The lowest BCUT2D eigenvalue weighted by Crippen LogP contribution is -2.21. The minimum Gasteiger partial charge on any atom is -0.493 e. The van der Waals surface area contributed by atoms with Crippen LogP contribution in [0.15, 0.2) is 34.9 Å². The van der Waals surface area contributed by atoms with Crippen molar-refractivity contribution in [1.29, 1.82) is 0 Å². The molecule has 92 valence electrons. The summed E-state index contributed by atoms with van der Waals surface area (Å²) in [5.74, 6) is 1.85. The van der Waals surface area contributed by atoms with E-state index in [9.17, 15) is 0 Å². The smallest absolute Gasteiger partial charge is 0.146 e. The van der Waals surface area contributed by atoms with Crippen molar-refractivity contribution >= 4 is 27.5 Å². The molecule has 0 fully saturated rings. The third-order valence-electron chi connectivity index (χ3n) is 2.96. The lowest BCUT2D eigenvalue weighted by molar-refractivity contribution is 0.257. The van der Waals surface area contributed by atoms with Gasteiger partial charge in [-0.3, -0.25) is 0 Å². The van der Waals surface area contributed by atoms with Crippen LogP contribution >= 0.6 is 27.5 Å². The monoisotopic (exact) mass is 324 g/mol. The van der Waals surface area contributed by atoms with Crippen molar-refractivity contribution in [1.82, 2.24) is 9.97 Å². The van der Waals surface area contributed by atoms with E-state index in [4.69, 9.17) is 16.3 Å². The number of nitrogens with zero attached hydrogens (tertiary/aromatic N) is 2. The van der Waals surface area contributed by atoms with Crippen LogP contribution in [0.2, 0.25) is 5.15 Å². The molecule has 0 saturated heterocycles. The second-order valence-electron chi connectivity index (χ2n) is 4.19. The molecule has 1 aromatic heterocycles. The first-order valence-electron chi connectivity index (χ1n) is 5.62. The van der Waals surface area contributed by atoms with Crippen molar-refractivity contribution in [3.05, 3.63) is 51.5 Å². The van der Waals surface area contributed by atoms with E-state index in [1.807, 2.05) is 18.2 Å². The third kappa shape index (κ3) is 2.22. The molecule has 1 aliphatic rings. The van der Waals surface area contributed by atoms with Crippen LogP contribution in [0.3, 0.4) is 0 Å². The quantitative estimate of drug-likeness (QED) is 0.751. The van der Waals surface area contributed by atoms with Gasteiger partial charge in [-0.05, 0) is 34.0 Å². The van der Waals surface area contributed by atoms with Crippen LogP contribution in [0, 0.1) is 0 Å². The molecule has 3 rings (SSSR count). The fourth-order valence-electron chi connectivity index (χ4n) is 2.05. The number of rotatable bonds is 1. The van der Waals surface area contributed by atoms with Gasteiger partial charge in [0.05, 0.1) is 17.0 Å². The number of halogens is 2. The van der Waals surface area contributed by atoms with Gasteiger partial charge in [0.15, 0.2) is 0 Å². The Balaban J connectivity index is 1.89. The van der Waals surface area contributed by atoms with E-state index in [2.05, 4.69) is 32.0 Å². The standard InChI is InChI=1S/C13H10BrClN2O/c14-10-6-16-13(17-12(10)15)9-5-8-3-1-2-4-11(8)18-7-9/h1-4,6,9H,5,7H2. The second kappa shape index (κ2) is 4.86. The molecule has 0 saturated carbocycles. The Kier molecular flexibility index (Phi) is 3.22. The molecule has 0 aliphatic carbocycles. The Hall–Kier alpha value is -1.13. The number of fused-ring (bicyclic) bond motifs is 1. The zero-order chi connectivity index (χ0) is 12.5. The Morgan fingerprint density at radius 2 is 2.17 bits per heavy atom. The van der Waals surface area contributed by atoms with Gasteiger partial charge in [-0.1, -0.05) is 29.8 Å². The van der Waals surface area contributed by atoms with Crippen molar-refractivity contribution in [2.75, 3.05) is 6.61 Å². The van der Waals surface area contributed by atoms with Gasteiger partial charge in [-0.15, -0.1) is 0 Å². The Bertz CT molecular complexity index is 591. The number of hydrogen-bond acceptors (Lipinski definition) is 3. The van der Waals surface area contributed by atoms with Crippen molar-refractivity contribution in [3.8, 4) is 5.75 Å². The molecule has 0 N–H and O–H groups in total. The van der Waals surface area contributed by atoms with Gasteiger partial charge >= 0.3 is 0 Å². The fourth-order valence-corrected chi connectivity index (χ4v) is 2.38. The highest BCUT2D eigenvalue weighted by atomic mass is 79.9. The molecule has 0 bridgehead atoms. The van der Waals surface area contributed by atoms with Crippen molar-refractivity contribution in [2.24, 2.45) is 0 Å². The van der Waals surface area contributed by atoms with Gasteiger partial charge in [0.2, 0.25) is 0 Å². The summed E-state index contributed by atoms with van der Waals surface area (Å²) < 4.78 is 6.44. The molecule has 1 aromatic carbocycles. The lowest BCUT2D eigenvalue weighted by atomic mass is 9.96. The maximum absolute atomic E-state index is 5.99. The van der Waals surface area contributed by atoms with E-state index in [0.717, 1.165) is 18.0 Å². The molecule has 1 aliphatic heterocycles. The average molecular weight is 326 g/mol. The molecular weight excluding hydrogens is 316 g/mol. The van der Waals surface area contributed by atoms with Crippen LogP contribution in [0.4, 0.5) is 0 Å². The second-order valence-corrected chi connectivity index (χ2v) is 5.40. The summed E-state index contributed by atoms with van der Waals surface area (Å²) in [5.41, 5.74) is 1.19. The number of aromatic nitrogens is 2. The van der Waals surface area contributed by atoms with Gasteiger partial charge in [0.25, 0.3) is 0 Å². The zero-order valence-corrected chi connectivity index (χ0v) is 11.8. The van der Waals surface area contributed by atoms with Gasteiger partial charge in [0.1, 0.15) is 16.7 Å². The Morgan fingerprint density at radius 1 is 1.33 bits per heavy atom. The molecule has 0 amide bonds. The highest BCUT2D eigenvalue weighted by Crippen LogP contribution is 2.31. The molecule has 2 heterocycles. The largest absolute Gasteiger partial charge is 0.493 e. The van der Waals surface area contributed by atoms with E-state index in [-0.39, 0.29) is 5.92 Å². The lowest BCUT2D eigenvalue weighted by Gasteiger charge is -2.24. The van der Waals surface area contributed by atoms with Crippen molar-refractivity contribution in [2.45, 2.75) is 12.3 Å². The summed E-state index contributed by atoms with van der Waals surface area (Å²) in [7, 11) is 0. The van der Waals surface area contributed by atoms with Gasteiger partial charge in [-0.2, -0.15) is 0 Å². The van der Waals surface area contributed by atoms with Gasteiger partial charge in [-0.25, -0.2) is 9.97 Å². The molecule has 3 nitrogen and oxygen atoms in total. The van der Waals surface area contributed by atoms with Crippen LogP contribution in [-0.4, -0.2) is 16.6 Å². The fraction of sp³-hybridized carbons (Fsp3) is 0.231. The minimum absolute atomic E-state index is 0.158. The summed E-state index contributed by atoms with van der Waals surface area (Å²) in [5, 5.41) is 0.443. The van der Waals surface area contributed by atoms with Crippen LogP contribution in [0.1, 0.15) is 17.3 Å². The number of benzene rings is 1. The molecule has 2 aromatic rings. The van der Waals surface area contributed by atoms with Crippen LogP contribution in [0.25, 0.3) is 0 Å². The van der Waals surface area contributed by atoms with Crippen molar-refractivity contribution in [3.63, 3.8) is 0 Å². The zero-order valence-electron chi connectivity index (χ0n) is 9.44. The molecule has 1 atom stereocenters. The van der Waals surface area contributed by atoms with Crippen molar-refractivity contribution < 1.29 is 4.74 Å². The molecule has 1 unspecified atom stereocenters. The van der Waals surface area contributed by atoms with Crippen LogP contribution in [-0.2, 0) is 6.42 Å². The molecule has 5 heteroatoms. The number of para-hydroxylation sites is 1. The van der Waals surface area contributed by atoms with E-state index in [0.29, 0.717) is 16.2 Å². The highest BCUT2D eigenvalue weighted by Gasteiger charge is 2.23. The molecule has 0 radical (unpaired) electrons. The number of hydrogen-bond donors (Lipinski definition) is 0.